The highest BCUT2D eigenvalue weighted by Gasteiger charge is 2.29. The van der Waals surface area contributed by atoms with Crippen molar-refractivity contribution in [2.75, 3.05) is 18.0 Å². The summed E-state index contributed by atoms with van der Waals surface area (Å²) in [4.78, 5) is 2.04. The normalized spacial score (nSPS) is 23.8. The van der Waals surface area contributed by atoms with Crippen LogP contribution in [0.4, 0.5) is 5.69 Å². The molecule has 0 amide bonds. The molecule has 0 saturated carbocycles. The molecule has 18 heavy (non-hydrogen) atoms. The lowest BCUT2D eigenvalue weighted by atomic mass is 9.94. The van der Waals surface area contributed by atoms with E-state index in [2.05, 4.69) is 6.07 Å². The molecule has 0 bridgehead atoms. The summed E-state index contributed by atoms with van der Waals surface area (Å²) in [5.41, 5.74) is 1.44. The molecule has 1 heterocycles. The van der Waals surface area contributed by atoms with Crippen LogP contribution in [-0.4, -0.2) is 28.9 Å². The highest BCUT2D eigenvalue weighted by atomic mass is 16.3. The maximum Gasteiger partial charge on any atom is 0.101 e. The van der Waals surface area contributed by atoms with Gasteiger partial charge in [-0.15, -0.1) is 0 Å². The van der Waals surface area contributed by atoms with Crippen LogP contribution in [0.25, 0.3) is 0 Å². The average Bonchev–Trinajstić information content (AvgIpc) is 2.36. The Kier molecular flexibility index (Phi) is 3.55. The maximum atomic E-state index is 10.1. The average molecular weight is 246 g/mol. The van der Waals surface area contributed by atoms with Gasteiger partial charge in [0, 0.05) is 13.1 Å². The fourth-order valence-electron chi connectivity index (χ4n) is 2.47. The lowest BCUT2D eigenvalue weighted by molar-refractivity contribution is 0.0449. The molecule has 96 valence electrons. The SMILES string of the molecule is CC1(O)CCCN(c2ccc(CO)cc2C#N)C1. The Hall–Kier alpha value is -1.57. The lowest BCUT2D eigenvalue weighted by Crippen LogP contribution is -2.46. The molecule has 0 spiro atoms. The number of nitriles is 1. The Morgan fingerprint density at radius 3 is 2.89 bits per heavy atom. The molecule has 4 nitrogen and oxygen atoms in total. The van der Waals surface area contributed by atoms with E-state index in [-0.39, 0.29) is 6.61 Å². The van der Waals surface area contributed by atoms with Gasteiger partial charge < -0.3 is 15.1 Å². The van der Waals surface area contributed by atoms with Crippen LogP contribution in [0.1, 0.15) is 30.9 Å². The standard InChI is InChI=1S/C14H18N2O2/c1-14(18)5-2-6-16(10-14)13-4-3-11(9-17)7-12(13)8-15/h3-4,7,17-18H,2,5-6,9-10H2,1H3. The minimum atomic E-state index is -0.694. The molecule has 1 aliphatic heterocycles. The van der Waals surface area contributed by atoms with Crippen LogP contribution in [0.5, 0.6) is 0 Å². The minimum absolute atomic E-state index is 0.0628. The third-order valence-electron chi connectivity index (χ3n) is 3.38. The van der Waals surface area contributed by atoms with Crippen LogP contribution in [0.2, 0.25) is 0 Å². The van der Waals surface area contributed by atoms with E-state index in [1.807, 2.05) is 24.0 Å². The number of benzene rings is 1. The van der Waals surface area contributed by atoms with E-state index in [1.54, 1.807) is 6.07 Å². The molecule has 0 aliphatic carbocycles. The van der Waals surface area contributed by atoms with Crippen LogP contribution >= 0.6 is 0 Å². The summed E-state index contributed by atoms with van der Waals surface area (Å²) in [5.74, 6) is 0. The summed E-state index contributed by atoms with van der Waals surface area (Å²) in [6.07, 6.45) is 1.71. The van der Waals surface area contributed by atoms with Crippen molar-refractivity contribution in [3.63, 3.8) is 0 Å². The fourth-order valence-corrected chi connectivity index (χ4v) is 2.47. The molecule has 1 aliphatic rings. The summed E-state index contributed by atoms with van der Waals surface area (Å²) >= 11 is 0. The molecule has 4 heteroatoms. The van der Waals surface area contributed by atoms with Crippen molar-refractivity contribution in [1.82, 2.24) is 0 Å². The summed E-state index contributed by atoms with van der Waals surface area (Å²) in [7, 11) is 0. The monoisotopic (exact) mass is 246 g/mol. The highest BCUT2D eigenvalue weighted by molar-refractivity contribution is 5.61. The van der Waals surface area contributed by atoms with Gasteiger partial charge in [-0.05, 0) is 37.5 Å². The summed E-state index contributed by atoms with van der Waals surface area (Å²) in [5, 5.41) is 28.4. The molecule has 1 aromatic rings. The van der Waals surface area contributed by atoms with Gasteiger partial charge in [0.15, 0.2) is 0 Å². The van der Waals surface area contributed by atoms with E-state index >= 15 is 0 Å². The van der Waals surface area contributed by atoms with Crippen LogP contribution < -0.4 is 4.90 Å². The number of anilines is 1. The van der Waals surface area contributed by atoms with Gasteiger partial charge in [-0.25, -0.2) is 0 Å². The van der Waals surface area contributed by atoms with Crippen molar-refractivity contribution in [3.05, 3.63) is 29.3 Å². The number of aliphatic hydroxyl groups is 2. The Morgan fingerprint density at radius 2 is 2.28 bits per heavy atom. The number of rotatable bonds is 2. The van der Waals surface area contributed by atoms with Gasteiger partial charge in [-0.2, -0.15) is 5.26 Å². The Balaban J connectivity index is 2.30. The number of hydrogen-bond donors (Lipinski definition) is 2. The molecule has 1 aromatic carbocycles. The molecule has 2 rings (SSSR count). The first-order valence-corrected chi connectivity index (χ1v) is 6.17. The third kappa shape index (κ3) is 2.63. The molecule has 0 radical (unpaired) electrons. The quantitative estimate of drug-likeness (QED) is 0.827. The topological polar surface area (TPSA) is 67.5 Å². The smallest absolute Gasteiger partial charge is 0.101 e. The summed E-state index contributed by atoms with van der Waals surface area (Å²) < 4.78 is 0. The van der Waals surface area contributed by atoms with Crippen LogP contribution in [-0.2, 0) is 6.61 Å². The lowest BCUT2D eigenvalue weighted by Gasteiger charge is -2.38. The van der Waals surface area contributed by atoms with E-state index in [4.69, 9.17) is 5.11 Å². The van der Waals surface area contributed by atoms with Crippen molar-refractivity contribution in [2.24, 2.45) is 0 Å². The number of piperidine rings is 1. The Bertz CT molecular complexity index is 477. The van der Waals surface area contributed by atoms with E-state index in [1.165, 1.54) is 0 Å². The zero-order valence-corrected chi connectivity index (χ0v) is 10.6. The molecule has 0 aromatic heterocycles. The van der Waals surface area contributed by atoms with Gasteiger partial charge in [-0.1, -0.05) is 6.07 Å². The van der Waals surface area contributed by atoms with Gasteiger partial charge in [-0.3, -0.25) is 0 Å². The first kappa shape index (κ1) is 12.9. The van der Waals surface area contributed by atoms with Gasteiger partial charge in [0.25, 0.3) is 0 Å². The minimum Gasteiger partial charge on any atom is -0.392 e. The predicted octanol–water partition coefficient (Wildman–Crippen LogP) is 1.40. The third-order valence-corrected chi connectivity index (χ3v) is 3.38. The van der Waals surface area contributed by atoms with Crippen molar-refractivity contribution >= 4 is 5.69 Å². The number of aliphatic hydroxyl groups excluding tert-OH is 1. The molecule has 1 unspecified atom stereocenters. The Labute approximate surface area is 107 Å². The van der Waals surface area contributed by atoms with Crippen LogP contribution in [0.3, 0.4) is 0 Å². The van der Waals surface area contributed by atoms with Gasteiger partial charge >= 0.3 is 0 Å². The second kappa shape index (κ2) is 4.97. The van der Waals surface area contributed by atoms with Gasteiger partial charge in [0.05, 0.1) is 23.5 Å². The summed E-state index contributed by atoms with van der Waals surface area (Å²) in [6.45, 7) is 3.16. The van der Waals surface area contributed by atoms with E-state index in [9.17, 15) is 10.4 Å². The van der Waals surface area contributed by atoms with Crippen molar-refractivity contribution < 1.29 is 10.2 Å². The molecular weight excluding hydrogens is 228 g/mol. The molecule has 1 atom stereocenters. The van der Waals surface area contributed by atoms with E-state index in [0.29, 0.717) is 12.1 Å². The number of hydrogen-bond acceptors (Lipinski definition) is 4. The summed E-state index contributed by atoms with van der Waals surface area (Å²) in [6, 6.07) is 7.54. The van der Waals surface area contributed by atoms with E-state index < -0.39 is 5.60 Å². The van der Waals surface area contributed by atoms with Gasteiger partial charge in [0.1, 0.15) is 6.07 Å². The maximum absolute atomic E-state index is 10.1. The molecular formula is C14H18N2O2. The van der Waals surface area contributed by atoms with Crippen molar-refractivity contribution in [2.45, 2.75) is 32.0 Å². The van der Waals surface area contributed by atoms with E-state index in [0.717, 1.165) is 30.6 Å². The molecule has 1 fully saturated rings. The first-order chi connectivity index (χ1) is 8.55. The second-order valence-electron chi connectivity index (χ2n) is 5.14. The largest absolute Gasteiger partial charge is 0.392 e. The first-order valence-electron chi connectivity index (χ1n) is 6.17. The fraction of sp³-hybridized carbons (Fsp3) is 0.500. The zero-order valence-electron chi connectivity index (χ0n) is 10.6. The second-order valence-corrected chi connectivity index (χ2v) is 5.14. The predicted molar refractivity (Wildman–Crippen MR) is 69.2 cm³/mol. The Morgan fingerprint density at radius 1 is 1.50 bits per heavy atom. The highest BCUT2D eigenvalue weighted by Crippen LogP contribution is 2.28. The number of β-amino-alcohol motifs (C(OH)–C–C–N with tert-alkyl or cyclic N) is 1. The molecule has 1 saturated heterocycles. The zero-order chi connectivity index (χ0) is 13.2. The van der Waals surface area contributed by atoms with Crippen LogP contribution in [0.15, 0.2) is 18.2 Å². The molecule has 2 N–H and O–H groups in total. The van der Waals surface area contributed by atoms with Crippen molar-refractivity contribution in [1.29, 1.82) is 5.26 Å². The number of nitrogens with zero attached hydrogens (tertiary/aromatic N) is 2. The van der Waals surface area contributed by atoms with Gasteiger partial charge in [0.2, 0.25) is 0 Å². The van der Waals surface area contributed by atoms with Crippen molar-refractivity contribution in [3.8, 4) is 6.07 Å². The van der Waals surface area contributed by atoms with Crippen LogP contribution in [0, 0.1) is 11.3 Å².